The Bertz CT molecular complexity index is 444. The third-order valence-electron chi connectivity index (χ3n) is 3.02. The number of nitro groups is 1. The van der Waals surface area contributed by atoms with Crippen molar-refractivity contribution < 1.29 is 9.66 Å². The zero-order chi connectivity index (χ0) is 13.1. The van der Waals surface area contributed by atoms with Crippen molar-refractivity contribution in [3.63, 3.8) is 0 Å². The van der Waals surface area contributed by atoms with Crippen LogP contribution in [0, 0.1) is 10.1 Å². The molecule has 0 unspecified atom stereocenters. The molecule has 0 heterocycles. The van der Waals surface area contributed by atoms with Crippen molar-refractivity contribution in [3.05, 3.63) is 28.3 Å². The summed E-state index contributed by atoms with van der Waals surface area (Å²) in [5, 5.41) is 14.3. The lowest BCUT2D eigenvalue weighted by molar-refractivity contribution is -0.385. The molecule has 0 radical (unpaired) electrons. The zero-order valence-corrected chi connectivity index (χ0v) is 10.3. The molecule has 6 heteroatoms. The number of nitrogens with one attached hydrogen (secondary N) is 1. The van der Waals surface area contributed by atoms with E-state index in [0.717, 1.165) is 12.8 Å². The number of benzene rings is 1. The first-order chi connectivity index (χ1) is 8.61. The molecule has 6 nitrogen and oxygen atoms in total. The SMILES string of the molecule is CCOc1cccc(NC2CC(N)C2)c1[N+](=O)[O-]. The van der Waals surface area contributed by atoms with Crippen LogP contribution in [-0.2, 0) is 0 Å². The Morgan fingerprint density at radius 1 is 1.56 bits per heavy atom. The third-order valence-corrected chi connectivity index (χ3v) is 3.02. The highest BCUT2D eigenvalue weighted by molar-refractivity contribution is 5.68. The quantitative estimate of drug-likeness (QED) is 0.616. The van der Waals surface area contributed by atoms with Gasteiger partial charge in [-0.2, -0.15) is 0 Å². The molecule has 0 bridgehead atoms. The molecule has 0 amide bonds. The van der Waals surface area contributed by atoms with E-state index in [1.807, 2.05) is 0 Å². The maximum Gasteiger partial charge on any atom is 0.333 e. The molecule has 1 fully saturated rings. The smallest absolute Gasteiger partial charge is 0.333 e. The summed E-state index contributed by atoms with van der Waals surface area (Å²) in [5.74, 6) is 0.302. The van der Waals surface area contributed by atoms with Gasteiger partial charge in [0, 0.05) is 12.1 Å². The van der Waals surface area contributed by atoms with E-state index in [-0.39, 0.29) is 17.8 Å². The molecule has 0 spiro atoms. The van der Waals surface area contributed by atoms with Gasteiger partial charge in [0.15, 0.2) is 5.75 Å². The van der Waals surface area contributed by atoms with Crippen molar-refractivity contribution in [1.82, 2.24) is 0 Å². The molecule has 0 atom stereocenters. The van der Waals surface area contributed by atoms with Crippen molar-refractivity contribution in [1.29, 1.82) is 0 Å². The lowest BCUT2D eigenvalue weighted by Gasteiger charge is -2.33. The summed E-state index contributed by atoms with van der Waals surface area (Å²) in [5.41, 5.74) is 6.20. The second-order valence-electron chi connectivity index (χ2n) is 4.42. The predicted molar refractivity (Wildman–Crippen MR) is 68.9 cm³/mol. The molecular weight excluding hydrogens is 234 g/mol. The predicted octanol–water partition coefficient (Wildman–Crippen LogP) is 1.90. The Morgan fingerprint density at radius 2 is 2.28 bits per heavy atom. The summed E-state index contributed by atoms with van der Waals surface area (Å²) in [4.78, 5) is 10.7. The van der Waals surface area contributed by atoms with Gasteiger partial charge in [-0.3, -0.25) is 10.1 Å². The number of hydrogen-bond donors (Lipinski definition) is 2. The normalized spacial score (nSPS) is 22.1. The molecule has 1 saturated carbocycles. The standard InChI is InChI=1S/C12H17N3O3/c1-2-18-11-5-3-4-10(12(11)15(16)17)14-9-6-8(13)7-9/h3-5,8-9,14H,2,6-7,13H2,1H3. The van der Waals surface area contributed by atoms with E-state index in [9.17, 15) is 10.1 Å². The third kappa shape index (κ3) is 2.53. The minimum absolute atomic E-state index is 0.000165. The van der Waals surface area contributed by atoms with E-state index in [4.69, 9.17) is 10.5 Å². The molecule has 2 rings (SSSR count). The Kier molecular flexibility index (Phi) is 3.66. The molecule has 18 heavy (non-hydrogen) atoms. The van der Waals surface area contributed by atoms with Crippen molar-refractivity contribution in [2.75, 3.05) is 11.9 Å². The van der Waals surface area contributed by atoms with E-state index in [0.29, 0.717) is 18.0 Å². The fraction of sp³-hybridized carbons (Fsp3) is 0.500. The number of anilines is 1. The Balaban J connectivity index is 2.22. The molecule has 1 aliphatic carbocycles. The van der Waals surface area contributed by atoms with Crippen molar-refractivity contribution in [2.45, 2.75) is 31.8 Å². The molecule has 3 N–H and O–H groups in total. The fourth-order valence-electron chi connectivity index (χ4n) is 2.10. The van der Waals surface area contributed by atoms with Crippen LogP contribution in [-0.4, -0.2) is 23.6 Å². The largest absolute Gasteiger partial charge is 0.487 e. The number of nitro benzene ring substituents is 1. The van der Waals surface area contributed by atoms with Gasteiger partial charge < -0.3 is 15.8 Å². The monoisotopic (exact) mass is 251 g/mol. The topological polar surface area (TPSA) is 90.4 Å². The molecule has 1 aliphatic rings. The molecule has 0 aromatic heterocycles. The van der Waals surface area contributed by atoms with Gasteiger partial charge in [0.2, 0.25) is 0 Å². The lowest BCUT2D eigenvalue weighted by Crippen LogP contribution is -2.44. The van der Waals surface area contributed by atoms with Crippen molar-refractivity contribution in [2.24, 2.45) is 5.73 Å². The van der Waals surface area contributed by atoms with Gasteiger partial charge in [0.25, 0.3) is 0 Å². The van der Waals surface area contributed by atoms with Crippen LogP contribution < -0.4 is 15.8 Å². The highest BCUT2D eigenvalue weighted by Gasteiger charge is 2.29. The van der Waals surface area contributed by atoms with E-state index in [1.54, 1.807) is 25.1 Å². The van der Waals surface area contributed by atoms with Gasteiger partial charge in [-0.15, -0.1) is 0 Å². The van der Waals surface area contributed by atoms with Gasteiger partial charge in [-0.25, -0.2) is 0 Å². The molecule has 1 aromatic rings. The summed E-state index contributed by atoms with van der Waals surface area (Å²) in [6.45, 7) is 2.20. The Hall–Kier alpha value is -1.82. The summed E-state index contributed by atoms with van der Waals surface area (Å²) in [7, 11) is 0. The van der Waals surface area contributed by atoms with Crippen LogP contribution in [0.5, 0.6) is 5.75 Å². The van der Waals surface area contributed by atoms with Crippen LogP contribution in [0.4, 0.5) is 11.4 Å². The number of hydrogen-bond acceptors (Lipinski definition) is 5. The number of nitrogens with two attached hydrogens (primary N) is 1. The average Bonchev–Trinajstić information content (AvgIpc) is 2.27. The minimum atomic E-state index is -0.411. The van der Waals surface area contributed by atoms with E-state index in [2.05, 4.69) is 5.32 Å². The highest BCUT2D eigenvalue weighted by Crippen LogP contribution is 2.36. The van der Waals surface area contributed by atoms with E-state index < -0.39 is 4.92 Å². The van der Waals surface area contributed by atoms with Crippen LogP contribution in [0.15, 0.2) is 18.2 Å². The van der Waals surface area contributed by atoms with Gasteiger partial charge >= 0.3 is 5.69 Å². The van der Waals surface area contributed by atoms with Crippen molar-refractivity contribution >= 4 is 11.4 Å². The van der Waals surface area contributed by atoms with Gasteiger partial charge in [0.1, 0.15) is 5.69 Å². The summed E-state index contributed by atoms with van der Waals surface area (Å²) in [6.07, 6.45) is 1.69. The van der Waals surface area contributed by atoms with Gasteiger partial charge in [-0.05, 0) is 31.9 Å². The maximum absolute atomic E-state index is 11.1. The van der Waals surface area contributed by atoms with Crippen LogP contribution in [0.2, 0.25) is 0 Å². The van der Waals surface area contributed by atoms with Crippen LogP contribution in [0.25, 0.3) is 0 Å². The van der Waals surface area contributed by atoms with Crippen LogP contribution >= 0.6 is 0 Å². The summed E-state index contributed by atoms with van der Waals surface area (Å²) in [6, 6.07) is 5.48. The molecule has 1 aromatic carbocycles. The Labute approximate surface area is 105 Å². The average molecular weight is 251 g/mol. The van der Waals surface area contributed by atoms with Gasteiger partial charge in [-0.1, -0.05) is 6.07 Å². The number of nitrogens with zero attached hydrogens (tertiary/aromatic N) is 1. The first kappa shape index (κ1) is 12.6. The molecule has 0 saturated heterocycles. The first-order valence-corrected chi connectivity index (χ1v) is 6.04. The van der Waals surface area contributed by atoms with E-state index >= 15 is 0 Å². The maximum atomic E-state index is 11.1. The number of para-hydroxylation sites is 1. The number of rotatable bonds is 5. The zero-order valence-electron chi connectivity index (χ0n) is 10.3. The first-order valence-electron chi connectivity index (χ1n) is 6.04. The van der Waals surface area contributed by atoms with E-state index in [1.165, 1.54) is 0 Å². The minimum Gasteiger partial charge on any atom is -0.487 e. The van der Waals surface area contributed by atoms with Crippen LogP contribution in [0.1, 0.15) is 19.8 Å². The highest BCUT2D eigenvalue weighted by atomic mass is 16.6. The molecule has 0 aliphatic heterocycles. The second kappa shape index (κ2) is 5.22. The molecular formula is C12H17N3O3. The fourth-order valence-corrected chi connectivity index (χ4v) is 2.10. The van der Waals surface area contributed by atoms with Crippen LogP contribution in [0.3, 0.4) is 0 Å². The molecule has 98 valence electrons. The Morgan fingerprint density at radius 3 is 2.83 bits per heavy atom. The lowest BCUT2D eigenvalue weighted by atomic mass is 9.87. The second-order valence-corrected chi connectivity index (χ2v) is 4.42. The van der Waals surface area contributed by atoms with Crippen molar-refractivity contribution in [3.8, 4) is 5.75 Å². The number of ether oxygens (including phenoxy) is 1. The summed E-state index contributed by atoms with van der Waals surface area (Å²) >= 11 is 0. The summed E-state index contributed by atoms with van der Waals surface area (Å²) < 4.78 is 5.29. The van der Waals surface area contributed by atoms with Gasteiger partial charge in [0.05, 0.1) is 11.5 Å².